The van der Waals surface area contributed by atoms with Gasteiger partial charge in [0, 0.05) is 5.02 Å². The number of aryl methyl sites for hydroxylation is 1. The van der Waals surface area contributed by atoms with E-state index in [4.69, 9.17) is 11.6 Å². The van der Waals surface area contributed by atoms with Gasteiger partial charge in [-0.2, -0.15) is 5.10 Å². The summed E-state index contributed by atoms with van der Waals surface area (Å²) in [4.78, 5) is 17.2. The molecule has 2 aromatic heterocycles. The molecule has 2 aromatic carbocycles. The van der Waals surface area contributed by atoms with E-state index in [2.05, 4.69) is 16.1 Å². The smallest absolute Gasteiger partial charge is 0.264 e. The molecule has 0 aliphatic rings. The standard InChI is InChI=1S/C19H15ClN4O/c1-13-3-2-4-14(9-13)11-23-12-21-18-17(19(23)25)10-22-24(18)16-7-5-15(20)6-8-16/h2-10,12H,11H2,1H3. The Morgan fingerprint density at radius 3 is 2.68 bits per heavy atom. The Balaban J connectivity index is 1.77. The van der Waals surface area contributed by atoms with Crippen LogP contribution in [0.4, 0.5) is 0 Å². The summed E-state index contributed by atoms with van der Waals surface area (Å²) in [6.45, 7) is 2.51. The fourth-order valence-corrected chi connectivity index (χ4v) is 2.97. The summed E-state index contributed by atoms with van der Waals surface area (Å²) >= 11 is 5.93. The average molecular weight is 351 g/mol. The molecule has 0 fully saturated rings. The normalized spacial score (nSPS) is 11.1. The van der Waals surface area contributed by atoms with Crippen LogP contribution >= 0.6 is 11.6 Å². The van der Waals surface area contributed by atoms with Gasteiger partial charge < -0.3 is 0 Å². The molecular formula is C19H15ClN4O. The fourth-order valence-electron chi connectivity index (χ4n) is 2.84. The SMILES string of the molecule is Cc1cccc(Cn2cnc3c(cnn3-c3ccc(Cl)cc3)c2=O)c1. The van der Waals surface area contributed by atoms with Crippen molar-refractivity contribution in [2.75, 3.05) is 0 Å². The maximum Gasteiger partial charge on any atom is 0.264 e. The molecule has 0 radical (unpaired) electrons. The van der Waals surface area contributed by atoms with Crippen molar-refractivity contribution in [1.29, 1.82) is 0 Å². The molecule has 0 atom stereocenters. The molecule has 0 amide bonds. The first-order valence-electron chi connectivity index (χ1n) is 7.86. The number of fused-ring (bicyclic) bond motifs is 1. The number of halogens is 1. The van der Waals surface area contributed by atoms with Crippen LogP contribution in [-0.4, -0.2) is 19.3 Å². The van der Waals surface area contributed by atoms with Crippen molar-refractivity contribution in [3.63, 3.8) is 0 Å². The van der Waals surface area contributed by atoms with E-state index >= 15 is 0 Å². The number of hydrogen-bond donors (Lipinski definition) is 0. The van der Waals surface area contributed by atoms with E-state index in [0.29, 0.717) is 22.6 Å². The lowest BCUT2D eigenvalue weighted by molar-refractivity contribution is 0.745. The Bertz CT molecular complexity index is 1110. The van der Waals surface area contributed by atoms with Crippen molar-refractivity contribution in [2.24, 2.45) is 0 Å². The first-order valence-corrected chi connectivity index (χ1v) is 8.24. The van der Waals surface area contributed by atoms with Gasteiger partial charge >= 0.3 is 0 Å². The summed E-state index contributed by atoms with van der Waals surface area (Å²) in [7, 11) is 0. The van der Waals surface area contributed by atoms with Crippen LogP contribution in [0.25, 0.3) is 16.7 Å². The van der Waals surface area contributed by atoms with Crippen LogP contribution in [0.2, 0.25) is 5.02 Å². The number of benzene rings is 2. The maximum absolute atomic E-state index is 12.8. The Labute approximate surface area is 149 Å². The Morgan fingerprint density at radius 2 is 1.92 bits per heavy atom. The number of rotatable bonds is 3. The fraction of sp³-hybridized carbons (Fsp3) is 0.105. The molecule has 4 aromatic rings. The van der Waals surface area contributed by atoms with Gasteiger partial charge in [-0.15, -0.1) is 0 Å². The molecule has 0 spiro atoms. The zero-order valence-corrected chi connectivity index (χ0v) is 14.3. The third-order valence-corrected chi connectivity index (χ3v) is 4.31. The van der Waals surface area contributed by atoms with E-state index in [1.165, 1.54) is 0 Å². The Kier molecular flexibility index (Phi) is 3.86. The average Bonchev–Trinajstić information content (AvgIpc) is 3.03. The van der Waals surface area contributed by atoms with Gasteiger partial charge in [-0.25, -0.2) is 9.67 Å². The third kappa shape index (κ3) is 2.94. The quantitative estimate of drug-likeness (QED) is 0.567. The Morgan fingerprint density at radius 1 is 1.12 bits per heavy atom. The molecule has 0 N–H and O–H groups in total. The summed E-state index contributed by atoms with van der Waals surface area (Å²) < 4.78 is 3.25. The van der Waals surface area contributed by atoms with E-state index < -0.39 is 0 Å². The number of hydrogen-bond acceptors (Lipinski definition) is 3. The van der Waals surface area contributed by atoms with E-state index in [0.717, 1.165) is 16.8 Å². The van der Waals surface area contributed by atoms with Gasteiger partial charge in [0.25, 0.3) is 5.56 Å². The van der Waals surface area contributed by atoms with Crippen LogP contribution in [0, 0.1) is 6.92 Å². The van der Waals surface area contributed by atoms with Crippen LogP contribution in [0.3, 0.4) is 0 Å². The van der Waals surface area contributed by atoms with Crippen molar-refractivity contribution in [3.8, 4) is 5.69 Å². The maximum atomic E-state index is 12.8. The molecule has 0 aliphatic heterocycles. The summed E-state index contributed by atoms with van der Waals surface area (Å²) in [6.07, 6.45) is 3.13. The molecule has 4 rings (SSSR count). The van der Waals surface area contributed by atoms with Gasteiger partial charge in [-0.05, 0) is 36.8 Å². The van der Waals surface area contributed by atoms with E-state index in [1.54, 1.807) is 33.9 Å². The van der Waals surface area contributed by atoms with Gasteiger partial charge in [0.05, 0.1) is 18.4 Å². The highest BCUT2D eigenvalue weighted by Crippen LogP contribution is 2.16. The Hall–Kier alpha value is -2.92. The zero-order chi connectivity index (χ0) is 17.4. The minimum Gasteiger partial charge on any atom is -0.294 e. The second-order valence-electron chi connectivity index (χ2n) is 5.94. The van der Waals surface area contributed by atoms with Crippen LogP contribution in [0.1, 0.15) is 11.1 Å². The summed E-state index contributed by atoms with van der Waals surface area (Å²) in [5.74, 6) is 0. The predicted octanol–water partition coefficient (Wildman–Crippen LogP) is 3.59. The predicted molar refractivity (Wildman–Crippen MR) is 98.4 cm³/mol. The van der Waals surface area contributed by atoms with Gasteiger partial charge in [0.15, 0.2) is 5.65 Å². The minimum atomic E-state index is -0.105. The lowest BCUT2D eigenvalue weighted by Crippen LogP contribution is -2.21. The molecule has 0 unspecified atom stereocenters. The van der Waals surface area contributed by atoms with E-state index in [9.17, 15) is 4.79 Å². The highest BCUT2D eigenvalue weighted by molar-refractivity contribution is 6.30. The summed E-state index contributed by atoms with van der Waals surface area (Å²) in [5.41, 5.74) is 3.46. The first-order chi connectivity index (χ1) is 12.1. The van der Waals surface area contributed by atoms with E-state index in [-0.39, 0.29) is 5.56 Å². The van der Waals surface area contributed by atoms with Crippen molar-refractivity contribution >= 4 is 22.6 Å². The lowest BCUT2D eigenvalue weighted by Gasteiger charge is -2.07. The number of nitrogens with zero attached hydrogens (tertiary/aromatic N) is 4. The molecule has 25 heavy (non-hydrogen) atoms. The van der Waals surface area contributed by atoms with Gasteiger partial charge in [-0.3, -0.25) is 9.36 Å². The van der Waals surface area contributed by atoms with Crippen molar-refractivity contribution < 1.29 is 0 Å². The first kappa shape index (κ1) is 15.6. The second kappa shape index (κ2) is 6.18. The van der Waals surface area contributed by atoms with Crippen molar-refractivity contribution in [3.05, 3.63) is 87.6 Å². The van der Waals surface area contributed by atoms with Crippen LogP contribution < -0.4 is 5.56 Å². The lowest BCUT2D eigenvalue weighted by atomic mass is 10.1. The largest absolute Gasteiger partial charge is 0.294 e. The molecule has 124 valence electrons. The highest BCUT2D eigenvalue weighted by Gasteiger charge is 2.11. The molecular weight excluding hydrogens is 336 g/mol. The molecule has 6 heteroatoms. The minimum absolute atomic E-state index is 0.105. The van der Waals surface area contributed by atoms with Crippen LogP contribution in [0.15, 0.2) is 65.8 Å². The van der Waals surface area contributed by atoms with Gasteiger partial charge in [0.2, 0.25) is 0 Å². The van der Waals surface area contributed by atoms with Gasteiger partial charge in [-0.1, -0.05) is 41.4 Å². The second-order valence-corrected chi connectivity index (χ2v) is 6.37. The summed E-state index contributed by atoms with van der Waals surface area (Å²) in [6, 6.07) is 15.3. The molecule has 0 bridgehead atoms. The van der Waals surface area contributed by atoms with E-state index in [1.807, 2.05) is 37.3 Å². The van der Waals surface area contributed by atoms with Crippen LogP contribution in [0.5, 0.6) is 0 Å². The van der Waals surface area contributed by atoms with Crippen molar-refractivity contribution in [2.45, 2.75) is 13.5 Å². The van der Waals surface area contributed by atoms with Crippen LogP contribution in [-0.2, 0) is 6.54 Å². The molecule has 0 saturated carbocycles. The molecule has 5 nitrogen and oxygen atoms in total. The summed E-state index contributed by atoms with van der Waals surface area (Å²) in [5, 5.41) is 5.45. The monoisotopic (exact) mass is 350 g/mol. The zero-order valence-electron chi connectivity index (χ0n) is 13.6. The topological polar surface area (TPSA) is 52.7 Å². The molecule has 2 heterocycles. The highest BCUT2D eigenvalue weighted by atomic mass is 35.5. The van der Waals surface area contributed by atoms with Crippen molar-refractivity contribution in [1.82, 2.24) is 19.3 Å². The third-order valence-electron chi connectivity index (χ3n) is 4.06. The molecule has 0 saturated heterocycles. The number of aromatic nitrogens is 4. The molecule has 0 aliphatic carbocycles. The van der Waals surface area contributed by atoms with Gasteiger partial charge in [0.1, 0.15) is 11.7 Å².